The molecule has 4 nitrogen and oxygen atoms in total. The highest BCUT2D eigenvalue weighted by atomic mass is 32.1. The topological polar surface area (TPSA) is 43.1 Å². The van der Waals surface area contributed by atoms with Gasteiger partial charge in [-0.3, -0.25) is 0 Å². The Balaban J connectivity index is 2.26. The second-order valence-corrected chi connectivity index (χ2v) is 3.85. The zero-order valence-electron chi connectivity index (χ0n) is 8.01. The van der Waals surface area contributed by atoms with Gasteiger partial charge in [-0.2, -0.15) is 5.10 Å². The van der Waals surface area contributed by atoms with Gasteiger partial charge in [-0.25, -0.2) is 4.68 Å². The molecule has 0 atom stereocenters. The van der Waals surface area contributed by atoms with Crippen LogP contribution in [0.4, 0.5) is 0 Å². The summed E-state index contributed by atoms with van der Waals surface area (Å²) in [6.07, 6.45) is 1.81. The normalized spacial score (nSPS) is 11.3. The van der Waals surface area contributed by atoms with E-state index in [1.165, 1.54) is 0 Å². The van der Waals surface area contributed by atoms with E-state index in [1.807, 2.05) is 37.6 Å². The monoisotopic (exact) mass is 206 g/mol. The van der Waals surface area contributed by atoms with Crippen molar-refractivity contribution in [3.05, 3.63) is 34.0 Å². The highest BCUT2D eigenvalue weighted by molar-refractivity contribution is 7.11. The zero-order chi connectivity index (χ0) is 9.97. The summed E-state index contributed by atoms with van der Waals surface area (Å²) in [7, 11) is 0. The first-order valence-corrected chi connectivity index (χ1v) is 5.12. The quantitative estimate of drug-likeness (QED) is 0.704. The third-order valence-electron chi connectivity index (χ3n) is 1.80. The molecule has 0 unspecified atom stereocenters. The van der Waals surface area contributed by atoms with Crippen LogP contribution in [0.2, 0.25) is 0 Å². The number of hydrogen-bond donors (Lipinski definition) is 0. The van der Waals surface area contributed by atoms with Crippen molar-refractivity contribution in [3.63, 3.8) is 0 Å². The van der Waals surface area contributed by atoms with E-state index in [9.17, 15) is 0 Å². The van der Waals surface area contributed by atoms with Crippen LogP contribution < -0.4 is 0 Å². The highest BCUT2D eigenvalue weighted by Gasteiger charge is 2.00. The molecule has 72 valence electrons. The van der Waals surface area contributed by atoms with Gasteiger partial charge in [-0.15, -0.1) is 21.5 Å². The first-order chi connectivity index (χ1) is 6.77. The Labute approximate surface area is 85.9 Å². The molecule has 0 saturated heterocycles. The Morgan fingerprint density at radius 3 is 2.64 bits per heavy atom. The Kier molecular flexibility index (Phi) is 2.41. The van der Waals surface area contributed by atoms with Crippen LogP contribution in [0.5, 0.6) is 0 Å². The molecule has 0 aliphatic carbocycles. The van der Waals surface area contributed by atoms with Crippen molar-refractivity contribution in [3.8, 4) is 0 Å². The molecule has 0 N–H and O–H groups in total. The molecule has 14 heavy (non-hydrogen) atoms. The van der Waals surface area contributed by atoms with Crippen LogP contribution >= 0.6 is 11.3 Å². The molecule has 0 aliphatic heterocycles. The van der Waals surface area contributed by atoms with Crippen molar-refractivity contribution >= 4 is 17.6 Å². The standard InChI is InChI=1S/C9H10N4S/c1-7-11-12-8(2)13(7)10-6-9-4-3-5-14-9/h3-6H,1-2H3/b10-6+. The number of hydrogen-bond acceptors (Lipinski definition) is 4. The van der Waals surface area contributed by atoms with Gasteiger partial charge in [0.2, 0.25) is 0 Å². The Bertz CT molecular complexity index is 422. The van der Waals surface area contributed by atoms with Crippen LogP contribution in [0.1, 0.15) is 16.5 Å². The highest BCUT2D eigenvalue weighted by Crippen LogP contribution is 2.06. The van der Waals surface area contributed by atoms with Gasteiger partial charge < -0.3 is 0 Å². The summed E-state index contributed by atoms with van der Waals surface area (Å²) in [5.74, 6) is 1.60. The molecule has 0 spiro atoms. The lowest BCUT2D eigenvalue weighted by Gasteiger charge is -1.95. The van der Waals surface area contributed by atoms with Gasteiger partial charge in [0.1, 0.15) is 0 Å². The molecule has 5 heteroatoms. The Morgan fingerprint density at radius 2 is 2.07 bits per heavy atom. The molecule has 0 bridgehead atoms. The fourth-order valence-corrected chi connectivity index (χ4v) is 1.69. The van der Waals surface area contributed by atoms with Crippen molar-refractivity contribution < 1.29 is 0 Å². The van der Waals surface area contributed by atoms with Gasteiger partial charge in [0, 0.05) is 4.88 Å². The lowest BCUT2D eigenvalue weighted by Crippen LogP contribution is -1.95. The first kappa shape index (κ1) is 9.08. The van der Waals surface area contributed by atoms with Crippen LogP contribution in [0.3, 0.4) is 0 Å². The smallest absolute Gasteiger partial charge is 0.151 e. The van der Waals surface area contributed by atoms with E-state index in [1.54, 1.807) is 16.0 Å². The van der Waals surface area contributed by atoms with Crippen molar-refractivity contribution in [2.45, 2.75) is 13.8 Å². The predicted octanol–water partition coefficient (Wildman–Crippen LogP) is 1.84. The fraction of sp³-hybridized carbons (Fsp3) is 0.222. The van der Waals surface area contributed by atoms with Crippen molar-refractivity contribution in [1.82, 2.24) is 14.9 Å². The van der Waals surface area contributed by atoms with Gasteiger partial charge in [0.15, 0.2) is 11.6 Å². The lowest BCUT2D eigenvalue weighted by molar-refractivity contribution is 0.799. The number of aromatic nitrogens is 3. The summed E-state index contributed by atoms with van der Waals surface area (Å²) in [6.45, 7) is 3.76. The van der Waals surface area contributed by atoms with Gasteiger partial charge in [0.05, 0.1) is 6.21 Å². The number of thiophene rings is 1. The summed E-state index contributed by atoms with van der Waals surface area (Å²) >= 11 is 1.65. The van der Waals surface area contributed by atoms with Gasteiger partial charge >= 0.3 is 0 Å². The van der Waals surface area contributed by atoms with Gasteiger partial charge in [0.25, 0.3) is 0 Å². The molecule has 0 saturated carbocycles. The van der Waals surface area contributed by atoms with E-state index in [0.29, 0.717) is 0 Å². The van der Waals surface area contributed by atoms with E-state index < -0.39 is 0 Å². The molecule has 0 aromatic carbocycles. The second-order valence-electron chi connectivity index (χ2n) is 2.87. The summed E-state index contributed by atoms with van der Waals surface area (Å²) in [5, 5.41) is 14.1. The van der Waals surface area contributed by atoms with Crippen LogP contribution in [-0.2, 0) is 0 Å². The minimum absolute atomic E-state index is 0.801. The molecule has 2 heterocycles. The van der Waals surface area contributed by atoms with E-state index in [-0.39, 0.29) is 0 Å². The lowest BCUT2D eigenvalue weighted by atomic mass is 10.5. The van der Waals surface area contributed by atoms with Crippen molar-refractivity contribution in [2.24, 2.45) is 5.10 Å². The summed E-state index contributed by atoms with van der Waals surface area (Å²) in [4.78, 5) is 1.12. The predicted molar refractivity (Wildman–Crippen MR) is 56.8 cm³/mol. The third kappa shape index (κ3) is 1.72. The Morgan fingerprint density at radius 1 is 1.36 bits per heavy atom. The van der Waals surface area contributed by atoms with Crippen LogP contribution in [0.25, 0.3) is 0 Å². The number of nitrogens with zero attached hydrogens (tertiary/aromatic N) is 4. The van der Waals surface area contributed by atoms with Crippen molar-refractivity contribution in [2.75, 3.05) is 0 Å². The minimum Gasteiger partial charge on any atom is -0.202 e. The van der Waals surface area contributed by atoms with E-state index in [0.717, 1.165) is 16.5 Å². The molecule has 2 rings (SSSR count). The maximum Gasteiger partial charge on any atom is 0.151 e. The molecule has 0 fully saturated rings. The molecule has 2 aromatic rings. The first-order valence-electron chi connectivity index (χ1n) is 4.24. The maximum absolute atomic E-state index is 4.28. The zero-order valence-corrected chi connectivity index (χ0v) is 8.82. The van der Waals surface area contributed by atoms with E-state index in [4.69, 9.17) is 0 Å². The van der Waals surface area contributed by atoms with Crippen LogP contribution in [0.15, 0.2) is 22.6 Å². The molecule has 2 aromatic heterocycles. The van der Waals surface area contributed by atoms with Crippen LogP contribution in [-0.4, -0.2) is 21.1 Å². The average Bonchev–Trinajstić information content (AvgIpc) is 2.76. The molecular weight excluding hydrogens is 196 g/mol. The van der Waals surface area contributed by atoms with Gasteiger partial charge in [-0.05, 0) is 25.3 Å². The largest absolute Gasteiger partial charge is 0.202 e. The molecule has 0 radical (unpaired) electrons. The molecule has 0 aliphatic rings. The fourth-order valence-electron chi connectivity index (χ4n) is 1.11. The summed E-state index contributed by atoms with van der Waals surface area (Å²) in [6, 6.07) is 4.01. The average molecular weight is 206 g/mol. The molecule has 0 amide bonds. The van der Waals surface area contributed by atoms with E-state index >= 15 is 0 Å². The maximum atomic E-state index is 4.28. The molecular formula is C9H10N4S. The summed E-state index contributed by atoms with van der Waals surface area (Å²) in [5.41, 5.74) is 0. The van der Waals surface area contributed by atoms with Gasteiger partial charge in [-0.1, -0.05) is 6.07 Å². The van der Waals surface area contributed by atoms with Crippen molar-refractivity contribution in [1.29, 1.82) is 0 Å². The SMILES string of the molecule is Cc1nnc(C)n1/N=C/c1cccs1. The second kappa shape index (κ2) is 3.71. The minimum atomic E-state index is 0.801. The summed E-state index contributed by atoms with van der Waals surface area (Å²) < 4.78 is 1.72. The van der Waals surface area contributed by atoms with Crippen LogP contribution in [0, 0.1) is 13.8 Å². The number of aryl methyl sites for hydroxylation is 2. The number of rotatable bonds is 2. The van der Waals surface area contributed by atoms with E-state index in [2.05, 4.69) is 15.3 Å². The third-order valence-corrected chi connectivity index (χ3v) is 2.60. The Hall–Kier alpha value is -1.49.